The van der Waals surface area contributed by atoms with E-state index in [4.69, 9.17) is 0 Å². The van der Waals surface area contributed by atoms with Gasteiger partial charge in [0.05, 0.1) is 6.26 Å². The second-order valence-electron chi connectivity index (χ2n) is 6.30. The van der Waals surface area contributed by atoms with Crippen molar-refractivity contribution < 1.29 is 8.42 Å². The van der Waals surface area contributed by atoms with Crippen molar-refractivity contribution in [2.75, 3.05) is 25.9 Å². The first-order valence-electron chi connectivity index (χ1n) is 7.72. The summed E-state index contributed by atoms with van der Waals surface area (Å²) in [6.07, 6.45) is 11.1. The molecule has 0 atom stereocenters. The maximum Gasteiger partial charge on any atom is 0.208 e. The van der Waals surface area contributed by atoms with Crippen molar-refractivity contribution in [3.8, 4) is 0 Å². The number of sulfonamides is 1. The summed E-state index contributed by atoms with van der Waals surface area (Å²) in [5.74, 6) is 0.805. The first-order chi connectivity index (χ1) is 9.03. The molecule has 4 nitrogen and oxygen atoms in total. The van der Waals surface area contributed by atoms with Gasteiger partial charge in [-0.05, 0) is 70.5 Å². The summed E-state index contributed by atoms with van der Waals surface area (Å²) in [6.45, 7) is 3.81. The molecular weight excluding hydrogens is 260 g/mol. The van der Waals surface area contributed by atoms with E-state index in [1.807, 2.05) is 0 Å². The van der Waals surface area contributed by atoms with Gasteiger partial charge in [0, 0.05) is 6.04 Å². The van der Waals surface area contributed by atoms with Gasteiger partial charge in [-0.1, -0.05) is 6.42 Å². The minimum absolute atomic E-state index is 0.182. The molecule has 0 amide bonds. The van der Waals surface area contributed by atoms with Crippen LogP contribution in [-0.4, -0.2) is 45.2 Å². The van der Waals surface area contributed by atoms with Gasteiger partial charge in [0.2, 0.25) is 10.0 Å². The van der Waals surface area contributed by atoms with Crippen molar-refractivity contribution in [2.45, 2.75) is 57.4 Å². The Labute approximate surface area is 118 Å². The summed E-state index contributed by atoms with van der Waals surface area (Å²) in [6, 6.07) is 0.182. The number of hydrogen-bond donors (Lipinski definition) is 1. The number of nitrogens with zero attached hydrogens (tertiary/aromatic N) is 1. The Morgan fingerprint density at radius 2 is 1.68 bits per heavy atom. The Kier molecular flexibility index (Phi) is 5.66. The Bertz CT molecular complexity index is 356. The van der Waals surface area contributed by atoms with Gasteiger partial charge in [0.1, 0.15) is 0 Å². The van der Waals surface area contributed by atoms with Crippen LogP contribution in [0.5, 0.6) is 0 Å². The van der Waals surface area contributed by atoms with Gasteiger partial charge in [-0.3, -0.25) is 0 Å². The van der Waals surface area contributed by atoms with Gasteiger partial charge < -0.3 is 4.90 Å². The van der Waals surface area contributed by atoms with Gasteiger partial charge in [-0.2, -0.15) is 0 Å². The lowest BCUT2D eigenvalue weighted by atomic mass is 9.84. The molecule has 0 aromatic carbocycles. The van der Waals surface area contributed by atoms with E-state index in [-0.39, 0.29) is 6.04 Å². The fraction of sp³-hybridized carbons (Fsp3) is 1.00. The molecule has 1 saturated heterocycles. The van der Waals surface area contributed by atoms with E-state index >= 15 is 0 Å². The topological polar surface area (TPSA) is 49.4 Å². The molecule has 5 heteroatoms. The summed E-state index contributed by atoms with van der Waals surface area (Å²) >= 11 is 0. The Morgan fingerprint density at radius 3 is 2.26 bits per heavy atom. The lowest BCUT2D eigenvalue weighted by Crippen LogP contribution is -2.37. The van der Waals surface area contributed by atoms with Crippen molar-refractivity contribution in [3.05, 3.63) is 0 Å². The van der Waals surface area contributed by atoms with Crippen LogP contribution in [0.15, 0.2) is 0 Å². The molecule has 0 aromatic rings. The standard InChI is InChI=1S/C14H28N2O2S/c1-19(17,18)15-14-7-5-13(6-8-14)9-12-16-10-3-2-4-11-16/h13-15H,2-12H2,1H3. The van der Waals surface area contributed by atoms with Gasteiger partial charge >= 0.3 is 0 Å². The quantitative estimate of drug-likeness (QED) is 0.841. The van der Waals surface area contributed by atoms with Crippen molar-refractivity contribution in [1.29, 1.82) is 0 Å². The zero-order chi connectivity index (χ0) is 13.7. The SMILES string of the molecule is CS(=O)(=O)NC1CCC(CCN2CCCCC2)CC1. The molecule has 1 aliphatic carbocycles. The van der Waals surface area contributed by atoms with Crippen LogP contribution in [0.4, 0.5) is 0 Å². The third-order valence-corrected chi connectivity index (χ3v) is 5.29. The normalized spacial score (nSPS) is 30.4. The van der Waals surface area contributed by atoms with E-state index in [1.165, 1.54) is 64.4 Å². The van der Waals surface area contributed by atoms with Crippen LogP contribution in [-0.2, 0) is 10.0 Å². The molecule has 0 unspecified atom stereocenters. The minimum atomic E-state index is -3.03. The summed E-state index contributed by atoms with van der Waals surface area (Å²) in [5.41, 5.74) is 0. The zero-order valence-electron chi connectivity index (χ0n) is 12.1. The summed E-state index contributed by atoms with van der Waals surface area (Å²) in [4.78, 5) is 2.60. The van der Waals surface area contributed by atoms with Crippen molar-refractivity contribution in [1.82, 2.24) is 9.62 Å². The number of piperidine rings is 1. The van der Waals surface area contributed by atoms with Crippen LogP contribution in [0.2, 0.25) is 0 Å². The number of rotatable bonds is 5. The predicted molar refractivity (Wildman–Crippen MR) is 78.6 cm³/mol. The number of nitrogens with one attached hydrogen (secondary N) is 1. The molecule has 1 aliphatic heterocycles. The van der Waals surface area contributed by atoms with Crippen LogP contribution in [0.3, 0.4) is 0 Å². The third kappa shape index (κ3) is 5.79. The monoisotopic (exact) mass is 288 g/mol. The van der Waals surface area contributed by atoms with Crippen molar-refractivity contribution in [3.63, 3.8) is 0 Å². The van der Waals surface area contributed by atoms with Gasteiger partial charge in [-0.15, -0.1) is 0 Å². The Hall–Kier alpha value is -0.130. The highest BCUT2D eigenvalue weighted by molar-refractivity contribution is 7.88. The van der Waals surface area contributed by atoms with Crippen LogP contribution >= 0.6 is 0 Å². The number of likely N-dealkylation sites (tertiary alicyclic amines) is 1. The lowest BCUT2D eigenvalue weighted by Gasteiger charge is -2.31. The maximum atomic E-state index is 11.2. The number of hydrogen-bond acceptors (Lipinski definition) is 3. The summed E-state index contributed by atoms with van der Waals surface area (Å²) in [5, 5.41) is 0. The van der Waals surface area contributed by atoms with E-state index in [1.54, 1.807) is 0 Å². The fourth-order valence-electron chi connectivity index (χ4n) is 3.42. The molecule has 1 heterocycles. The van der Waals surface area contributed by atoms with E-state index in [0.717, 1.165) is 18.8 Å². The maximum absolute atomic E-state index is 11.2. The van der Waals surface area contributed by atoms with Crippen LogP contribution in [0, 0.1) is 5.92 Å². The van der Waals surface area contributed by atoms with Gasteiger partial charge in [0.15, 0.2) is 0 Å². The van der Waals surface area contributed by atoms with E-state index < -0.39 is 10.0 Å². The molecule has 2 rings (SSSR count). The molecule has 2 aliphatic rings. The van der Waals surface area contributed by atoms with E-state index in [0.29, 0.717) is 0 Å². The largest absolute Gasteiger partial charge is 0.303 e. The fourth-order valence-corrected chi connectivity index (χ4v) is 4.26. The molecule has 0 aromatic heterocycles. The highest BCUT2D eigenvalue weighted by Crippen LogP contribution is 2.27. The van der Waals surface area contributed by atoms with E-state index in [9.17, 15) is 8.42 Å². The lowest BCUT2D eigenvalue weighted by molar-refractivity contribution is 0.196. The molecule has 112 valence electrons. The van der Waals surface area contributed by atoms with Crippen LogP contribution < -0.4 is 4.72 Å². The minimum Gasteiger partial charge on any atom is -0.303 e. The molecule has 2 fully saturated rings. The highest BCUT2D eigenvalue weighted by Gasteiger charge is 2.23. The molecule has 0 radical (unpaired) electrons. The summed E-state index contributed by atoms with van der Waals surface area (Å²) < 4.78 is 25.1. The molecule has 1 saturated carbocycles. The highest BCUT2D eigenvalue weighted by atomic mass is 32.2. The third-order valence-electron chi connectivity index (χ3n) is 4.53. The average molecular weight is 288 g/mol. The molecule has 1 N–H and O–H groups in total. The van der Waals surface area contributed by atoms with Crippen LogP contribution in [0.25, 0.3) is 0 Å². The van der Waals surface area contributed by atoms with E-state index in [2.05, 4.69) is 9.62 Å². The van der Waals surface area contributed by atoms with Crippen molar-refractivity contribution in [2.24, 2.45) is 5.92 Å². The second-order valence-corrected chi connectivity index (χ2v) is 8.08. The molecule has 0 spiro atoms. The summed E-state index contributed by atoms with van der Waals surface area (Å²) in [7, 11) is -3.03. The van der Waals surface area contributed by atoms with Gasteiger partial charge in [0.25, 0.3) is 0 Å². The zero-order valence-corrected chi connectivity index (χ0v) is 12.9. The van der Waals surface area contributed by atoms with Gasteiger partial charge in [-0.25, -0.2) is 13.1 Å². The average Bonchev–Trinajstić information content (AvgIpc) is 2.37. The second kappa shape index (κ2) is 7.04. The van der Waals surface area contributed by atoms with Crippen molar-refractivity contribution >= 4 is 10.0 Å². The predicted octanol–water partition coefficient (Wildman–Crippen LogP) is 1.97. The Morgan fingerprint density at radius 1 is 1.05 bits per heavy atom. The first kappa shape index (κ1) is 15.3. The van der Waals surface area contributed by atoms with Crippen LogP contribution in [0.1, 0.15) is 51.4 Å². The first-order valence-corrected chi connectivity index (χ1v) is 9.62. The molecule has 0 bridgehead atoms. The smallest absolute Gasteiger partial charge is 0.208 e. The molecular formula is C14H28N2O2S. The molecule has 19 heavy (non-hydrogen) atoms. The Balaban J connectivity index is 1.63.